The zero-order chi connectivity index (χ0) is 22.7. The number of likely N-dealkylation sites (tertiary alicyclic amines) is 1. The van der Waals surface area contributed by atoms with Crippen LogP contribution in [-0.2, 0) is 21.3 Å². The van der Waals surface area contributed by atoms with Crippen LogP contribution >= 0.6 is 0 Å². The quantitative estimate of drug-likeness (QED) is 0.648. The van der Waals surface area contributed by atoms with Gasteiger partial charge in [-0.1, -0.05) is 58.6 Å². The highest BCUT2D eigenvalue weighted by molar-refractivity contribution is 7.99. The molecular formula is C25H30F2N2O2S. The lowest BCUT2D eigenvalue weighted by Gasteiger charge is -2.61. The number of benzene rings is 2. The van der Waals surface area contributed by atoms with Crippen molar-refractivity contribution < 1.29 is 17.8 Å². The van der Waals surface area contributed by atoms with Crippen molar-refractivity contribution in [3.05, 3.63) is 59.9 Å². The number of alkyl halides is 1. The van der Waals surface area contributed by atoms with Gasteiger partial charge in [0.2, 0.25) is 5.91 Å². The van der Waals surface area contributed by atoms with Crippen LogP contribution in [0.5, 0.6) is 0 Å². The highest BCUT2D eigenvalue weighted by Gasteiger charge is 2.64. The van der Waals surface area contributed by atoms with Gasteiger partial charge in [-0.25, -0.2) is 8.78 Å². The Kier molecular flexibility index (Phi) is 5.25. The van der Waals surface area contributed by atoms with Crippen molar-refractivity contribution in [1.82, 2.24) is 9.62 Å². The maximum atomic E-state index is 15.5. The number of hydrogen-bond donors (Lipinski definition) is 2. The van der Waals surface area contributed by atoms with Crippen molar-refractivity contribution >= 4 is 16.0 Å². The van der Waals surface area contributed by atoms with Crippen molar-refractivity contribution in [2.75, 3.05) is 19.1 Å². The monoisotopic (exact) mass is 460 g/mol. The molecule has 1 aliphatic heterocycles. The number of thiol groups is 1. The van der Waals surface area contributed by atoms with Crippen LogP contribution in [0.1, 0.15) is 24.8 Å². The largest absolute Gasteiger partial charge is 0.334 e. The van der Waals surface area contributed by atoms with Gasteiger partial charge in [0.05, 0.1) is 24.0 Å². The van der Waals surface area contributed by atoms with Gasteiger partial charge < -0.3 is 4.90 Å². The zero-order valence-electron chi connectivity index (χ0n) is 18.4. The van der Waals surface area contributed by atoms with Crippen LogP contribution in [0, 0.1) is 17.2 Å². The van der Waals surface area contributed by atoms with E-state index in [1.807, 2.05) is 30.3 Å². The third-order valence-electron chi connectivity index (χ3n) is 7.38. The molecule has 1 amide bonds. The van der Waals surface area contributed by atoms with E-state index in [1.54, 1.807) is 35.6 Å². The molecule has 6 rings (SSSR count). The van der Waals surface area contributed by atoms with Crippen LogP contribution in [-0.4, -0.2) is 52.3 Å². The first kappa shape index (κ1) is 21.7. The summed E-state index contributed by atoms with van der Waals surface area (Å²) in [4.78, 5) is 15.0. The number of hydrogen-bond acceptors (Lipinski definition) is 2. The first-order valence-corrected chi connectivity index (χ1v) is 13.9. The predicted molar refractivity (Wildman–Crippen MR) is 124 cm³/mol. The van der Waals surface area contributed by atoms with E-state index in [1.165, 1.54) is 0 Å². The molecule has 3 aliphatic carbocycles. The number of carbonyl (C=O) groups is 1. The van der Waals surface area contributed by atoms with E-state index >= 15 is 8.78 Å². The maximum absolute atomic E-state index is 15.5. The van der Waals surface area contributed by atoms with Crippen LogP contribution < -0.4 is 4.72 Å². The average Bonchev–Trinajstić information content (AvgIpc) is 2.96. The number of amides is 1. The molecule has 0 aromatic heterocycles. The smallest absolute Gasteiger partial charge is 0.229 e. The van der Waals surface area contributed by atoms with Gasteiger partial charge >= 0.3 is 0 Å². The Balaban J connectivity index is 1.47. The Labute approximate surface area is 188 Å². The molecule has 2 bridgehead atoms. The number of rotatable bonds is 6. The van der Waals surface area contributed by atoms with Crippen molar-refractivity contribution in [2.45, 2.75) is 43.9 Å². The Hall–Kier alpha value is -2.12. The highest BCUT2D eigenvalue weighted by atomic mass is 32.3. The topological polar surface area (TPSA) is 49.4 Å². The van der Waals surface area contributed by atoms with Crippen LogP contribution in [0.2, 0.25) is 0 Å². The summed E-state index contributed by atoms with van der Waals surface area (Å²) < 4.78 is 46.2. The predicted octanol–water partition coefficient (Wildman–Crippen LogP) is 3.53. The Morgan fingerprint density at radius 3 is 2.41 bits per heavy atom. The number of carbonyl (C=O) groups excluding carboxylic acids is 1. The second-order valence-corrected chi connectivity index (χ2v) is 13.1. The summed E-state index contributed by atoms with van der Waals surface area (Å²) in [5.74, 6) is 0.258. The highest BCUT2D eigenvalue weighted by Crippen LogP contribution is 2.65. The molecule has 3 saturated carbocycles. The van der Waals surface area contributed by atoms with E-state index < -0.39 is 28.4 Å². The van der Waals surface area contributed by atoms with Crippen LogP contribution in [0.15, 0.2) is 48.5 Å². The summed E-state index contributed by atoms with van der Waals surface area (Å²) in [7, 11) is -2.77. The Bertz CT molecular complexity index is 1070. The fourth-order valence-corrected chi connectivity index (χ4v) is 6.77. The summed E-state index contributed by atoms with van der Waals surface area (Å²) in [5.41, 5.74) is 1.35. The molecule has 4 nitrogen and oxygen atoms in total. The van der Waals surface area contributed by atoms with Gasteiger partial charge in [-0.05, 0) is 42.7 Å². The van der Waals surface area contributed by atoms with E-state index in [2.05, 4.69) is 4.72 Å². The van der Waals surface area contributed by atoms with Crippen LogP contribution in [0.4, 0.5) is 8.78 Å². The lowest BCUT2D eigenvalue weighted by atomic mass is 9.44. The van der Waals surface area contributed by atoms with Crippen molar-refractivity contribution in [3.8, 4) is 11.1 Å². The molecule has 0 spiro atoms. The minimum Gasteiger partial charge on any atom is -0.334 e. The second kappa shape index (κ2) is 7.73. The molecular weight excluding hydrogens is 430 g/mol. The fraction of sp³-hybridized carbons (Fsp3) is 0.480. The normalized spacial score (nSPS) is 31.7. The van der Waals surface area contributed by atoms with Crippen molar-refractivity contribution in [3.63, 3.8) is 0 Å². The Morgan fingerprint density at radius 1 is 1.12 bits per heavy atom. The second-order valence-electron chi connectivity index (χ2n) is 10.2. The third kappa shape index (κ3) is 3.69. The summed E-state index contributed by atoms with van der Waals surface area (Å²) >= 11 is 0. The maximum Gasteiger partial charge on any atom is 0.229 e. The molecule has 2 aromatic carbocycles. The standard InChI is InChI=1S/C25H30F2N2O2S/c1-32(2,31)28-23-20(26)15-29(24(30)25-12-16(13-25)14-25)21(23)11-18-9-6-10-19(22(18)27)17-7-4-3-5-8-17/h3-10,16,20-21,23,32H,11-15H2,1-2H3,(H,28,31)/t16?,20-,21-,23-,25?/m0/s1. The van der Waals surface area contributed by atoms with E-state index in [9.17, 15) is 9.00 Å². The molecule has 7 heteroatoms. The summed E-state index contributed by atoms with van der Waals surface area (Å²) in [5, 5.41) is 0. The van der Waals surface area contributed by atoms with Gasteiger partial charge in [0, 0.05) is 18.1 Å². The number of nitrogens with zero attached hydrogens (tertiary/aromatic N) is 1. The lowest BCUT2D eigenvalue weighted by Crippen LogP contribution is -2.63. The van der Waals surface area contributed by atoms with E-state index in [4.69, 9.17) is 0 Å². The van der Waals surface area contributed by atoms with Gasteiger partial charge in [-0.15, -0.1) is 0 Å². The molecule has 1 saturated heterocycles. The van der Waals surface area contributed by atoms with E-state index in [0.717, 1.165) is 24.8 Å². The molecule has 2 aromatic rings. The van der Waals surface area contributed by atoms with Gasteiger partial charge in [-0.3, -0.25) is 13.7 Å². The zero-order valence-corrected chi connectivity index (χ0v) is 19.3. The molecule has 4 fully saturated rings. The average molecular weight is 461 g/mol. The van der Waals surface area contributed by atoms with E-state index in [0.29, 0.717) is 17.0 Å². The lowest BCUT2D eigenvalue weighted by molar-refractivity contribution is -0.178. The van der Waals surface area contributed by atoms with Crippen molar-refractivity contribution in [1.29, 1.82) is 0 Å². The minimum absolute atomic E-state index is 0.0152. The molecule has 0 radical (unpaired) electrons. The molecule has 3 atom stereocenters. The van der Waals surface area contributed by atoms with Gasteiger partial charge in [0.25, 0.3) is 0 Å². The summed E-state index contributed by atoms with van der Waals surface area (Å²) in [6.07, 6.45) is 4.57. The fourth-order valence-electron chi connectivity index (χ4n) is 5.72. The first-order chi connectivity index (χ1) is 15.2. The van der Waals surface area contributed by atoms with Crippen molar-refractivity contribution in [2.24, 2.45) is 11.3 Å². The minimum atomic E-state index is -2.77. The van der Waals surface area contributed by atoms with E-state index in [-0.39, 0.29) is 30.1 Å². The Morgan fingerprint density at radius 2 is 1.81 bits per heavy atom. The SMILES string of the molecule is C[SH](C)(=O)N[C@H]1[C@@H](F)CN(C(=O)C23CC(C2)C3)[C@H]1Cc1cccc(-c2ccccc2)c1F. The number of nitrogens with one attached hydrogen (secondary N) is 1. The summed E-state index contributed by atoms with van der Waals surface area (Å²) in [6, 6.07) is 13.1. The van der Waals surface area contributed by atoms with Crippen LogP contribution in [0.3, 0.4) is 0 Å². The molecule has 0 unspecified atom stereocenters. The molecule has 1 heterocycles. The number of halogens is 2. The molecule has 172 valence electrons. The van der Waals surface area contributed by atoms with Gasteiger partial charge in [0.15, 0.2) is 0 Å². The van der Waals surface area contributed by atoms with Crippen LogP contribution in [0.25, 0.3) is 11.1 Å². The third-order valence-corrected chi connectivity index (χ3v) is 8.30. The molecule has 1 N–H and O–H groups in total. The van der Waals surface area contributed by atoms with Gasteiger partial charge in [0.1, 0.15) is 12.0 Å². The summed E-state index contributed by atoms with van der Waals surface area (Å²) in [6.45, 7) is -0.0341. The first-order valence-electron chi connectivity index (χ1n) is 11.3. The molecule has 4 aliphatic rings. The van der Waals surface area contributed by atoms with Gasteiger partial charge in [-0.2, -0.15) is 0 Å². The molecule has 32 heavy (non-hydrogen) atoms.